The van der Waals surface area contributed by atoms with Crippen LogP contribution in [0.2, 0.25) is 0 Å². The monoisotopic (exact) mass is 526 g/mol. The van der Waals surface area contributed by atoms with Gasteiger partial charge in [0.05, 0.1) is 27.0 Å². The highest BCUT2D eigenvalue weighted by Crippen LogP contribution is 2.31. The minimum absolute atomic E-state index is 0.00713. The number of methoxy groups -OCH3 is 3. The van der Waals surface area contributed by atoms with E-state index in [1.165, 1.54) is 7.11 Å². The second-order valence-electron chi connectivity index (χ2n) is 8.48. The maximum absolute atomic E-state index is 13.8. The third kappa shape index (κ3) is 6.74. The second-order valence-corrected chi connectivity index (χ2v) is 10.3. The molecular formula is C28H34N2O6S. The van der Waals surface area contributed by atoms with Crippen LogP contribution in [-0.4, -0.2) is 48.7 Å². The summed E-state index contributed by atoms with van der Waals surface area (Å²) >= 11 is 0. The number of aryl methyl sites for hydroxylation is 2. The van der Waals surface area contributed by atoms with E-state index < -0.39 is 15.9 Å². The number of carbonyl (C=O) groups excluding carboxylic acids is 1. The summed E-state index contributed by atoms with van der Waals surface area (Å²) in [6, 6.07) is 17.6. The van der Waals surface area contributed by atoms with Crippen LogP contribution in [0.3, 0.4) is 0 Å². The molecule has 0 fully saturated rings. The van der Waals surface area contributed by atoms with E-state index >= 15 is 0 Å². The second kappa shape index (κ2) is 12.5. The normalized spacial score (nSPS) is 11.1. The van der Waals surface area contributed by atoms with Gasteiger partial charge in [-0.3, -0.25) is 9.10 Å². The first-order valence-electron chi connectivity index (χ1n) is 12.0. The number of ether oxygens (including phenoxy) is 3. The van der Waals surface area contributed by atoms with Crippen LogP contribution in [0.4, 0.5) is 5.69 Å². The number of hydrogen-bond donors (Lipinski definition) is 1. The molecule has 0 bridgehead atoms. The Morgan fingerprint density at radius 2 is 1.46 bits per heavy atom. The molecule has 0 aliphatic rings. The average molecular weight is 527 g/mol. The summed E-state index contributed by atoms with van der Waals surface area (Å²) in [7, 11) is 0.444. The molecule has 3 rings (SSSR count). The topological polar surface area (TPSA) is 94.2 Å². The fourth-order valence-electron chi connectivity index (χ4n) is 3.89. The minimum atomic E-state index is -4.11. The van der Waals surface area contributed by atoms with Crippen LogP contribution >= 0.6 is 0 Å². The first kappa shape index (κ1) is 27.9. The van der Waals surface area contributed by atoms with Crippen molar-refractivity contribution in [3.8, 4) is 17.2 Å². The van der Waals surface area contributed by atoms with Gasteiger partial charge in [-0.25, -0.2) is 8.42 Å². The third-order valence-corrected chi connectivity index (χ3v) is 7.79. The number of nitrogens with zero attached hydrogens (tertiary/aromatic N) is 1. The van der Waals surface area contributed by atoms with E-state index in [0.717, 1.165) is 27.4 Å². The van der Waals surface area contributed by atoms with Crippen molar-refractivity contribution in [1.29, 1.82) is 0 Å². The van der Waals surface area contributed by atoms with Crippen LogP contribution in [0.25, 0.3) is 0 Å². The molecule has 0 atom stereocenters. The molecule has 0 aromatic heterocycles. The predicted octanol–water partition coefficient (Wildman–Crippen LogP) is 4.14. The molecule has 0 radical (unpaired) electrons. The lowest BCUT2D eigenvalue weighted by Gasteiger charge is -2.25. The zero-order chi connectivity index (χ0) is 27.0. The van der Waals surface area contributed by atoms with E-state index in [1.54, 1.807) is 57.5 Å². The largest absolute Gasteiger partial charge is 0.495 e. The van der Waals surface area contributed by atoms with Gasteiger partial charge in [-0.1, -0.05) is 31.2 Å². The molecule has 8 nitrogen and oxygen atoms in total. The Kier molecular flexibility index (Phi) is 9.41. The molecule has 0 saturated carbocycles. The Morgan fingerprint density at radius 3 is 2.08 bits per heavy atom. The van der Waals surface area contributed by atoms with Gasteiger partial charge >= 0.3 is 0 Å². The first-order chi connectivity index (χ1) is 17.7. The van der Waals surface area contributed by atoms with Crippen LogP contribution in [0.1, 0.15) is 23.6 Å². The Morgan fingerprint density at radius 1 is 0.838 bits per heavy atom. The van der Waals surface area contributed by atoms with Crippen molar-refractivity contribution in [1.82, 2.24) is 5.32 Å². The van der Waals surface area contributed by atoms with Gasteiger partial charge in [-0.15, -0.1) is 0 Å². The lowest BCUT2D eigenvalue weighted by molar-refractivity contribution is -0.119. The molecule has 37 heavy (non-hydrogen) atoms. The zero-order valence-electron chi connectivity index (χ0n) is 21.9. The molecule has 9 heteroatoms. The summed E-state index contributed by atoms with van der Waals surface area (Å²) in [5.41, 5.74) is 3.17. The van der Waals surface area contributed by atoms with Crippen molar-refractivity contribution in [2.45, 2.75) is 31.6 Å². The smallest absolute Gasteiger partial charge is 0.268 e. The summed E-state index contributed by atoms with van der Waals surface area (Å²) in [5, 5.41) is 2.84. The number of hydrogen-bond acceptors (Lipinski definition) is 6. The van der Waals surface area contributed by atoms with Crippen LogP contribution in [0.5, 0.6) is 17.2 Å². The SMILES string of the molecule is CCc1ccc(N(CC(=O)NCCc2ccc(OC)c(OC)c2)S(=O)(=O)c2cc(C)ccc2OC)cc1. The lowest BCUT2D eigenvalue weighted by atomic mass is 10.1. The number of rotatable bonds is 12. The molecule has 0 heterocycles. The van der Waals surface area contributed by atoms with Gasteiger partial charge in [-0.05, 0) is 72.9 Å². The molecule has 3 aromatic rings. The van der Waals surface area contributed by atoms with Crippen LogP contribution in [0.15, 0.2) is 65.6 Å². The number of nitrogens with one attached hydrogen (secondary N) is 1. The van der Waals surface area contributed by atoms with E-state index in [-0.39, 0.29) is 17.2 Å². The van der Waals surface area contributed by atoms with Gasteiger partial charge in [0.1, 0.15) is 17.2 Å². The fourth-order valence-corrected chi connectivity index (χ4v) is 5.55. The number of amides is 1. The summed E-state index contributed by atoms with van der Waals surface area (Å²) in [4.78, 5) is 13.0. The van der Waals surface area contributed by atoms with Gasteiger partial charge in [0.2, 0.25) is 5.91 Å². The third-order valence-electron chi connectivity index (χ3n) is 5.99. The van der Waals surface area contributed by atoms with Gasteiger partial charge in [0.15, 0.2) is 11.5 Å². The Hall–Kier alpha value is -3.72. The first-order valence-corrected chi connectivity index (χ1v) is 13.4. The summed E-state index contributed by atoms with van der Waals surface area (Å²) in [5.74, 6) is 1.02. The van der Waals surface area contributed by atoms with Gasteiger partial charge in [0, 0.05) is 6.54 Å². The molecule has 3 aromatic carbocycles. The highest BCUT2D eigenvalue weighted by atomic mass is 32.2. The van der Waals surface area contributed by atoms with E-state index in [1.807, 2.05) is 31.2 Å². The van der Waals surface area contributed by atoms with E-state index in [9.17, 15) is 13.2 Å². The standard InChI is InChI=1S/C28H34N2O6S/c1-6-21-8-11-23(12-9-21)30(37(32,33)27-17-20(2)7-13-25(27)35-4)19-28(31)29-16-15-22-10-14-24(34-3)26(18-22)36-5/h7-14,17-18H,6,15-16,19H2,1-5H3,(H,29,31). The summed E-state index contributed by atoms with van der Waals surface area (Å²) in [6.07, 6.45) is 1.35. The average Bonchev–Trinajstić information content (AvgIpc) is 2.91. The van der Waals surface area contributed by atoms with Gasteiger partial charge < -0.3 is 19.5 Å². The number of anilines is 1. The van der Waals surface area contributed by atoms with Crippen molar-refractivity contribution in [2.24, 2.45) is 0 Å². The predicted molar refractivity (Wildman–Crippen MR) is 144 cm³/mol. The number of sulfonamides is 1. The van der Waals surface area contributed by atoms with Crippen molar-refractivity contribution in [3.63, 3.8) is 0 Å². The molecule has 0 aliphatic heterocycles. The summed E-state index contributed by atoms with van der Waals surface area (Å²) < 4.78 is 44.7. The molecule has 0 aliphatic carbocycles. The molecule has 1 N–H and O–H groups in total. The molecule has 198 valence electrons. The minimum Gasteiger partial charge on any atom is -0.495 e. The zero-order valence-corrected chi connectivity index (χ0v) is 22.7. The fraction of sp³-hybridized carbons (Fsp3) is 0.321. The van der Waals surface area contributed by atoms with Crippen LogP contribution < -0.4 is 23.8 Å². The maximum atomic E-state index is 13.8. The highest BCUT2D eigenvalue weighted by molar-refractivity contribution is 7.93. The van der Waals surface area contributed by atoms with Crippen molar-refractivity contribution < 1.29 is 27.4 Å². The van der Waals surface area contributed by atoms with Gasteiger partial charge in [-0.2, -0.15) is 0 Å². The molecule has 0 spiro atoms. The van der Waals surface area contributed by atoms with Crippen LogP contribution in [-0.2, 0) is 27.7 Å². The Balaban J connectivity index is 1.82. The Bertz CT molecular complexity index is 1320. The van der Waals surface area contributed by atoms with Crippen molar-refractivity contribution in [2.75, 3.05) is 38.7 Å². The lowest BCUT2D eigenvalue weighted by Crippen LogP contribution is -2.41. The molecule has 1 amide bonds. The van der Waals surface area contributed by atoms with E-state index in [0.29, 0.717) is 30.2 Å². The van der Waals surface area contributed by atoms with Crippen LogP contribution in [0, 0.1) is 6.92 Å². The quantitative estimate of drug-likeness (QED) is 0.381. The maximum Gasteiger partial charge on any atom is 0.268 e. The van der Waals surface area contributed by atoms with E-state index in [4.69, 9.17) is 14.2 Å². The highest BCUT2D eigenvalue weighted by Gasteiger charge is 2.30. The van der Waals surface area contributed by atoms with Gasteiger partial charge in [0.25, 0.3) is 10.0 Å². The Labute approximate surface area is 219 Å². The van der Waals surface area contributed by atoms with Crippen molar-refractivity contribution >= 4 is 21.6 Å². The van der Waals surface area contributed by atoms with Crippen molar-refractivity contribution in [3.05, 3.63) is 77.4 Å². The number of benzene rings is 3. The molecule has 0 unspecified atom stereocenters. The molecule has 0 saturated heterocycles. The number of carbonyl (C=O) groups is 1. The summed E-state index contributed by atoms with van der Waals surface area (Å²) in [6.45, 7) is 3.77. The van der Waals surface area contributed by atoms with E-state index in [2.05, 4.69) is 5.32 Å². The molecular weight excluding hydrogens is 492 g/mol.